The van der Waals surface area contributed by atoms with Crippen LogP contribution in [0.3, 0.4) is 0 Å². The third kappa shape index (κ3) is 1.06. The number of hydrogen-bond donors (Lipinski definition) is 0. The van der Waals surface area contributed by atoms with Crippen molar-refractivity contribution in [2.75, 3.05) is 0 Å². The molecule has 2 aromatic rings. The molecule has 1 aromatic heterocycles. The van der Waals surface area contributed by atoms with Gasteiger partial charge in [-0.15, -0.1) is 0 Å². The first-order valence-electron chi connectivity index (χ1n) is 5.03. The summed E-state index contributed by atoms with van der Waals surface area (Å²) in [6.07, 6.45) is 4.46. The van der Waals surface area contributed by atoms with Crippen LogP contribution < -0.4 is 4.57 Å². The molecule has 0 atom stereocenters. The van der Waals surface area contributed by atoms with Gasteiger partial charge in [-0.1, -0.05) is 24.3 Å². The second kappa shape index (κ2) is 2.95. The zero-order chi connectivity index (χ0) is 9.38. The molecule has 1 aliphatic rings. The summed E-state index contributed by atoms with van der Waals surface area (Å²) >= 11 is 0. The largest absolute Gasteiger partial charge is 0.214 e. The molecule has 0 radical (unpaired) electrons. The molecule has 1 aromatic carbocycles. The number of aromatic nitrogens is 1. The fraction of sp³-hybridized carbons (Fsp3) is 0.154. The highest BCUT2D eigenvalue weighted by atomic mass is 15.0. The van der Waals surface area contributed by atoms with Gasteiger partial charge in [-0.05, 0) is 6.42 Å². The van der Waals surface area contributed by atoms with Crippen molar-refractivity contribution in [2.24, 2.45) is 0 Å². The molecular weight excluding hydrogens is 170 g/mol. The number of hydrogen-bond acceptors (Lipinski definition) is 0. The van der Waals surface area contributed by atoms with E-state index in [0.29, 0.717) is 0 Å². The average molecular weight is 182 g/mol. The molecule has 2 heterocycles. The molecule has 0 spiro atoms. The van der Waals surface area contributed by atoms with Gasteiger partial charge in [0.05, 0.1) is 0 Å². The smallest absolute Gasteiger partial charge is 0.164 e. The van der Waals surface area contributed by atoms with Gasteiger partial charge in [0.1, 0.15) is 0 Å². The Bertz CT molecular complexity index is 429. The molecule has 68 valence electrons. The molecule has 3 rings (SSSR count). The van der Waals surface area contributed by atoms with Crippen molar-refractivity contribution in [1.29, 1.82) is 0 Å². The molecule has 0 fully saturated rings. The van der Waals surface area contributed by atoms with Crippen LogP contribution >= 0.6 is 0 Å². The summed E-state index contributed by atoms with van der Waals surface area (Å²) in [6, 6.07) is 15.0. The monoisotopic (exact) mass is 182 g/mol. The third-order valence-corrected chi connectivity index (χ3v) is 2.85. The number of rotatable bonds is 0. The summed E-state index contributed by atoms with van der Waals surface area (Å²) in [5, 5.41) is 0. The number of benzene rings is 1. The standard InChI is InChI=1S/C13H12N/c1-2-7-13-11(5-1)8-9-12-6-3-4-10-14(12)13/h1-7,10H,8-9H2/q+1. The molecule has 1 aliphatic heterocycles. The van der Waals surface area contributed by atoms with Crippen LogP contribution in [0, 0.1) is 0 Å². The number of aryl methyl sites for hydroxylation is 2. The van der Waals surface area contributed by atoms with E-state index < -0.39 is 0 Å². The lowest BCUT2D eigenvalue weighted by molar-refractivity contribution is -0.607. The second-order valence-corrected chi connectivity index (χ2v) is 3.69. The summed E-state index contributed by atoms with van der Waals surface area (Å²) in [7, 11) is 0. The van der Waals surface area contributed by atoms with E-state index in [1.807, 2.05) is 0 Å². The van der Waals surface area contributed by atoms with Crippen molar-refractivity contribution in [3.8, 4) is 5.69 Å². The lowest BCUT2D eigenvalue weighted by Crippen LogP contribution is -2.39. The zero-order valence-electron chi connectivity index (χ0n) is 7.98. The highest BCUT2D eigenvalue weighted by Gasteiger charge is 2.21. The van der Waals surface area contributed by atoms with E-state index in [4.69, 9.17) is 0 Å². The molecule has 0 saturated heterocycles. The number of fused-ring (bicyclic) bond motifs is 3. The maximum Gasteiger partial charge on any atom is 0.214 e. The minimum atomic E-state index is 1.15. The van der Waals surface area contributed by atoms with Crippen molar-refractivity contribution in [3.05, 3.63) is 59.9 Å². The Morgan fingerprint density at radius 2 is 1.71 bits per heavy atom. The molecule has 1 nitrogen and oxygen atoms in total. The minimum absolute atomic E-state index is 1.15. The maximum atomic E-state index is 2.29. The Morgan fingerprint density at radius 1 is 0.857 bits per heavy atom. The topological polar surface area (TPSA) is 3.88 Å². The quantitative estimate of drug-likeness (QED) is 0.549. The minimum Gasteiger partial charge on any atom is -0.164 e. The molecule has 14 heavy (non-hydrogen) atoms. The van der Waals surface area contributed by atoms with Crippen molar-refractivity contribution < 1.29 is 4.57 Å². The fourth-order valence-electron chi connectivity index (χ4n) is 2.14. The first-order valence-corrected chi connectivity index (χ1v) is 5.03. The first kappa shape index (κ1) is 7.74. The zero-order valence-corrected chi connectivity index (χ0v) is 7.98. The van der Waals surface area contributed by atoms with E-state index in [1.54, 1.807) is 0 Å². The summed E-state index contributed by atoms with van der Waals surface area (Å²) in [5.74, 6) is 0. The Morgan fingerprint density at radius 3 is 2.71 bits per heavy atom. The van der Waals surface area contributed by atoms with E-state index in [1.165, 1.54) is 23.4 Å². The van der Waals surface area contributed by atoms with Gasteiger partial charge in [-0.25, -0.2) is 0 Å². The summed E-state index contributed by atoms with van der Waals surface area (Å²) in [5.41, 5.74) is 4.21. The van der Waals surface area contributed by atoms with Gasteiger partial charge in [-0.2, -0.15) is 4.57 Å². The predicted octanol–water partition coefficient (Wildman–Crippen LogP) is 2.06. The van der Waals surface area contributed by atoms with Crippen molar-refractivity contribution in [3.63, 3.8) is 0 Å². The van der Waals surface area contributed by atoms with Crippen molar-refractivity contribution in [2.45, 2.75) is 12.8 Å². The van der Waals surface area contributed by atoms with Gasteiger partial charge in [-0.3, -0.25) is 0 Å². The van der Waals surface area contributed by atoms with Crippen LogP contribution in [-0.4, -0.2) is 0 Å². The van der Waals surface area contributed by atoms with Gasteiger partial charge >= 0.3 is 0 Å². The molecule has 0 unspecified atom stereocenters. The van der Waals surface area contributed by atoms with Gasteiger partial charge in [0.2, 0.25) is 5.69 Å². The van der Waals surface area contributed by atoms with Crippen molar-refractivity contribution >= 4 is 0 Å². The van der Waals surface area contributed by atoms with Gasteiger partial charge in [0, 0.05) is 30.2 Å². The lowest BCUT2D eigenvalue weighted by Gasteiger charge is -2.12. The van der Waals surface area contributed by atoms with E-state index in [9.17, 15) is 0 Å². The van der Waals surface area contributed by atoms with Crippen molar-refractivity contribution in [1.82, 2.24) is 0 Å². The Labute approximate surface area is 83.6 Å². The summed E-state index contributed by atoms with van der Waals surface area (Å²) < 4.78 is 2.29. The first-order chi connectivity index (χ1) is 6.95. The Balaban J connectivity index is 2.29. The second-order valence-electron chi connectivity index (χ2n) is 3.69. The lowest BCUT2D eigenvalue weighted by atomic mass is 10.0. The van der Waals surface area contributed by atoms with Gasteiger partial charge in [0.25, 0.3) is 0 Å². The molecule has 0 saturated carbocycles. The van der Waals surface area contributed by atoms with Crippen LogP contribution in [0.5, 0.6) is 0 Å². The Hall–Kier alpha value is -1.63. The fourth-order valence-corrected chi connectivity index (χ4v) is 2.14. The maximum absolute atomic E-state index is 2.29. The van der Waals surface area contributed by atoms with Gasteiger partial charge < -0.3 is 0 Å². The van der Waals surface area contributed by atoms with E-state index in [-0.39, 0.29) is 0 Å². The van der Waals surface area contributed by atoms with E-state index in [2.05, 4.69) is 53.2 Å². The van der Waals surface area contributed by atoms with Crippen LogP contribution in [0.1, 0.15) is 11.3 Å². The van der Waals surface area contributed by atoms with Crippen LogP contribution in [0.4, 0.5) is 0 Å². The molecule has 0 N–H and O–H groups in total. The molecule has 1 heteroatoms. The normalized spacial score (nSPS) is 13.1. The predicted molar refractivity (Wildman–Crippen MR) is 55.4 cm³/mol. The Kier molecular flexibility index (Phi) is 1.63. The van der Waals surface area contributed by atoms with Gasteiger partial charge in [0.15, 0.2) is 11.9 Å². The molecule has 0 aliphatic carbocycles. The molecular formula is C13H12N+. The average Bonchev–Trinajstić information content (AvgIpc) is 2.29. The van der Waals surface area contributed by atoms with Crippen LogP contribution in [-0.2, 0) is 12.8 Å². The number of pyridine rings is 1. The number of para-hydroxylation sites is 1. The van der Waals surface area contributed by atoms with Crippen LogP contribution in [0.2, 0.25) is 0 Å². The highest BCUT2D eigenvalue weighted by molar-refractivity contribution is 5.36. The molecule has 0 amide bonds. The summed E-state index contributed by atoms with van der Waals surface area (Å²) in [6.45, 7) is 0. The van der Waals surface area contributed by atoms with Crippen LogP contribution in [0.15, 0.2) is 48.7 Å². The number of nitrogens with zero attached hydrogens (tertiary/aromatic N) is 1. The molecule has 0 bridgehead atoms. The SMILES string of the molecule is c1ccc2c(c1)CCc1cccc[n+]1-2. The van der Waals surface area contributed by atoms with E-state index >= 15 is 0 Å². The summed E-state index contributed by atoms with van der Waals surface area (Å²) in [4.78, 5) is 0. The highest BCUT2D eigenvalue weighted by Crippen LogP contribution is 2.16. The van der Waals surface area contributed by atoms with Crippen LogP contribution in [0.25, 0.3) is 5.69 Å². The third-order valence-electron chi connectivity index (χ3n) is 2.85. The van der Waals surface area contributed by atoms with E-state index in [0.717, 1.165) is 6.42 Å².